The molecule has 1 aliphatic rings. The summed E-state index contributed by atoms with van der Waals surface area (Å²) < 4.78 is 0. The van der Waals surface area contributed by atoms with E-state index in [2.05, 4.69) is 4.98 Å². The summed E-state index contributed by atoms with van der Waals surface area (Å²) in [5.74, 6) is -0.00531. The first-order valence-electron chi connectivity index (χ1n) is 8.53. The fourth-order valence-electron chi connectivity index (χ4n) is 3.32. The molecule has 0 unspecified atom stereocenters. The van der Waals surface area contributed by atoms with Crippen LogP contribution in [0.4, 0.5) is 0 Å². The number of amides is 1. The SMILES string of the molecule is C[C@@H](C(=O)N1CCC(O)(Cc2ccccn2)CC1)c1ccccc1. The monoisotopic (exact) mass is 324 g/mol. The number of carbonyl (C=O) groups is 1. The minimum absolute atomic E-state index is 0.140. The lowest BCUT2D eigenvalue weighted by Gasteiger charge is -2.39. The number of likely N-dealkylation sites (tertiary alicyclic amines) is 1. The number of pyridine rings is 1. The van der Waals surface area contributed by atoms with Crippen molar-refractivity contribution >= 4 is 5.91 Å². The number of piperidine rings is 1. The fraction of sp³-hybridized carbons (Fsp3) is 0.400. The maximum Gasteiger partial charge on any atom is 0.229 e. The van der Waals surface area contributed by atoms with Gasteiger partial charge in [0.15, 0.2) is 0 Å². The molecule has 1 fully saturated rings. The Morgan fingerprint density at radius 3 is 2.46 bits per heavy atom. The normalized spacial score (nSPS) is 18.2. The molecule has 126 valence electrons. The Hall–Kier alpha value is -2.20. The van der Waals surface area contributed by atoms with Gasteiger partial charge < -0.3 is 10.0 Å². The van der Waals surface area contributed by atoms with Crippen molar-refractivity contribution in [2.24, 2.45) is 0 Å². The molecule has 0 radical (unpaired) electrons. The van der Waals surface area contributed by atoms with Gasteiger partial charge in [-0.3, -0.25) is 9.78 Å². The predicted molar refractivity (Wildman–Crippen MR) is 93.6 cm³/mol. The Balaban J connectivity index is 1.59. The summed E-state index contributed by atoms with van der Waals surface area (Å²) >= 11 is 0. The highest BCUT2D eigenvalue weighted by Crippen LogP contribution is 2.28. The van der Waals surface area contributed by atoms with Crippen LogP contribution >= 0.6 is 0 Å². The second-order valence-electron chi connectivity index (χ2n) is 6.68. The number of nitrogens with zero attached hydrogens (tertiary/aromatic N) is 2. The zero-order chi connectivity index (χ0) is 17.0. The van der Waals surface area contributed by atoms with Crippen LogP contribution in [0.3, 0.4) is 0 Å². The summed E-state index contributed by atoms with van der Waals surface area (Å²) in [4.78, 5) is 18.9. The number of carbonyl (C=O) groups excluding carboxylic acids is 1. The first kappa shape index (κ1) is 16.7. The topological polar surface area (TPSA) is 53.4 Å². The molecule has 1 aromatic heterocycles. The number of hydrogen-bond acceptors (Lipinski definition) is 3. The van der Waals surface area contributed by atoms with E-state index in [1.807, 2.05) is 60.4 Å². The zero-order valence-corrected chi connectivity index (χ0v) is 14.1. The molecule has 1 saturated heterocycles. The smallest absolute Gasteiger partial charge is 0.229 e. The third-order valence-electron chi connectivity index (χ3n) is 4.91. The van der Waals surface area contributed by atoms with Crippen LogP contribution in [0.2, 0.25) is 0 Å². The molecule has 24 heavy (non-hydrogen) atoms. The molecule has 0 aliphatic carbocycles. The van der Waals surface area contributed by atoms with Crippen LogP contribution in [-0.2, 0) is 11.2 Å². The molecule has 1 N–H and O–H groups in total. The average Bonchev–Trinajstić information content (AvgIpc) is 2.62. The van der Waals surface area contributed by atoms with E-state index in [-0.39, 0.29) is 11.8 Å². The molecule has 4 nitrogen and oxygen atoms in total. The Bertz CT molecular complexity index is 665. The van der Waals surface area contributed by atoms with E-state index in [0.717, 1.165) is 11.3 Å². The van der Waals surface area contributed by atoms with E-state index in [9.17, 15) is 9.90 Å². The zero-order valence-electron chi connectivity index (χ0n) is 14.1. The summed E-state index contributed by atoms with van der Waals surface area (Å²) in [6.45, 7) is 3.14. The Morgan fingerprint density at radius 1 is 1.17 bits per heavy atom. The van der Waals surface area contributed by atoms with E-state index in [1.165, 1.54) is 0 Å². The second-order valence-corrected chi connectivity index (χ2v) is 6.68. The van der Waals surface area contributed by atoms with Crippen LogP contribution in [0, 0.1) is 0 Å². The van der Waals surface area contributed by atoms with Gasteiger partial charge in [0.25, 0.3) is 0 Å². The van der Waals surface area contributed by atoms with E-state index in [1.54, 1.807) is 6.20 Å². The van der Waals surface area contributed by atoms with Gasteiger partial charge in [-0.2, -0.15) is 0 Å². The highest BCUT2D eigenvalue weighted by Gasteiger charge is 2.35. The van der Waals surface area contributed by atoms with Crippen molar-refractivity contribution in [3.63, 3.8) is 0 Å². The van der Waals surface area contributed by atoms with Crippen molar-refractivity contribution in [2.75, 3.05) is 13.1 Å². The van der Waals surface area contributed by atoms with Crippen LogP contribution in [0.1, 0.15) is 36.9 Å². The fourth-order valence-corrected chi connectivity index (χ4v) is 3.32. The van der Waals surface area contributed by atoms with Gasteiger partial charge in [0.2, 0.25) is 5.91 Å². The van der Waals surface area contributed by atoms with Gasteiger partial charge in [-0.05, 0) is 37.5 Å². The molecule has 0 spiro atoms. The quantitative estimate of drug-likeness (QED) is 0.941. The average molecular weight is 324 g/mol. The van der Waals surface area contributed by atoms with E-state index < -0.39 is 5.60 Å². The molecule has 2 heterocycles. The molecule has 2 aromatic rings. The lowest BCUT2D eigenvalue weighted by molar-refractivity contribution is -0.136. The van der Waals surface area contributed by atoms with Crippen molar-refractivity contribution in [3.8, 4) is 0 Å². The third-order valence-corrected chi connectivity index (χ3v) is 4.91. The molecular formula is C20H24N2O2. The predicted octanol–water partition coefficient (Wildman–Crippen LogP) is 2.78. The van der Waals surface area contributed by atoms with Gasteiger partial charge in [-0.1, -0.05) is 36.4 Å². The largest absolute Gasteiger partial charge is 0.389 e. The maximum absolute atomic E-state index is 12.7. The van der Waals surface area contributed by atoms with E-state index in [0.29, 0.717) is 32.4 Å². The van der Waals surface area contributed by atoms with Crippen molar-refractivity contribution in [1.82, 2.24) is 9.88 Å². The van der Waals surface area contributed by atoms with Gasteiger partial charge in [0.05, 0.1) is 11.5 Å². The maximum atomic E-state index is 12.7. The van der Waals surface area contributed by atoms with Crippen molar-refractivity contribution < 1.29 is 9.90 Å². The Kier molecular flexibility index (Phi) is 4.95. The molecule has 4 heteroatoms. The van der Waals surface area contributed by atoms with Crippen LogP contribution in [0.5, 0.6) is 0 Å². The Labute approximate surface area is 143 Å². The molecule has 0 saturated carbocycles. The minimum Gasteiger partial charge on any atom is -0.389 e. The standard InChI is InChI=1S/C20H24N2O2/c1-16(17-7-3-2-4-8-17)19(23)22-13-10-20(24,11-14-22)15-18-9-5-6-12-21-18/h2-9,12,16,24H,10-11,13-15H2,1H3/t16-/m1/s1. The summed E-state index contributed by atoms with van der Waals surface area (Å²) in [6.07, 6.45) is 3.48. The number of aromatic nitrogens is 1. The third kappa shape index (κ3) is 3.82. The molecule has 1 aromatic carbocycles. The van der Waals surface area contributed by atoms with E-state index in [4.69, 9.17) is 0 Å². The highest BCUT2D eigenvalue weighted by molar-refractivity contribution is 5.83. The van der Waals surface area contributed by atoms with Gasteiger partial charge in [0, 0.05) is 31.4 Å². The van der Waals surface area contributed by atoms with Crippen LogP contribution < -0.4 is 0 Å². The molecule has 3 rings (SSSR count). The van der Waals surface area contributed by atoms with Gasteiger partial charge in [0.1, 0.15) is 0 Å². The second kappa shape index (κ2) is 7.14. The number of rotatable bonds is 4. The number of aliphatic hydroxyl groups is 1. The minimum atomic E-state index is -0.763. The lowest BCUT2D eigenvalue weighted by Crippen LogP contribution is -2.48. The van der Waals surface area contributed by atoms with Gasteiger partial charge in [-0.25, -0.2) is 0 Å². The highest BCUT2D eigenvalue weighted by atomic mass is 16.3. The van der Waals surface area contributed by atoms with Crippen LogP contribution in [-0.4, -0.2) is 39.6 Å². The van der Waals surface area contributed by atoms with Crippen LogP contribution in [0.15, 0.2) is 54.7 Å². The molecule has 1 atom stereocenters. The van der Waals surface area contributed by atoms with Crippen LogP contribution in [0.25, 0.3) is 0 Å². The molecule has 1 amide bonds. The van der Waals surface area contributed by atoms with Crippen molar-refractivity contribution in [2.45, 2.75) is 37.7 Å². The Morgan fingerprint density at radius 2 is 1.83 bits per heavy atom. The first-order valence-corrected chi connectivity index (χ1v) is 8.53. The molecular weight excluding hydrogens is 300 g/mol. The van der Waals surface area contributed by atoms with E-state index >= 15 is 0 Å². The lowest BCUT2D eigenvalue weighted by atomic mass is 9.86. The number of benzene rings is 1. The van der Waals surface area contributed by atoms with Gasteiger partial charge in [-0.15, -0.1) is 0 Å². The summed E-state index contributed by atoms with van der Waals surface area (Å²) in [5, 5.41) is 10.8. The number of hydrogen-bond donors (Lipinski definition) is 1. The summed E-state index contributed by atoms with van der Waals surface area (Å²) in [6, 6.07) is 15.6. The summed E-state index contributed by atoms with van der Waals surface area (Å²) in [5.41, 5.74) is 1.18. The van der Waals surface area contributed by atoms with Gasteiger partial charge >= 0.3 is 0 Å². The van der Waals surface area contributed by atoms with Crippen molar-refractivity contribution in [1.29, 1.82) is 0 Å². The summed E-state index contributed by atoms with van der Waals surface area (Å²) in [7, 11) is 0. The molecule has 1 aliphatic heterocycles. The molecule has 0 bridgehead atoms. The first-order chi connectivity index (χ1) is 11.6. The van der Waals surface area contributed by atoms with Crippen molar-refractivity contribution in [3.05, 3.63) is 66.0 Å².